The Morgan fingerprint density at radius 3 is 2.62 bits per heavy atom. The minimum Gasteiger partial charge on any atom is -0.397 e. The first-order valence-electron chi connectivity index (χ1n) is 4.95. The highest BCUT2D eigenvalue weighted by molar-refractivity contribution is 7.93. The second kappa shape index (κ2) is 3.82. The molecule has 0 heterocycles. The minimum atomic E-state index is -3.26. The Morgan fingerprint density at radius 1 is 1.44 bits per heavy atom. The maximum Gasteiger partial charge on any atom is 0.237 e. The lowest BCUT2D eigenvalue weighted by Gasteiger charge is -2.21. The van der Waals surface area contributed by atoms with Gasteiger partial charge < -0.3 is 5.73 Å². The molecule has 0 spiro atoms. The van der Waals surface area contributed by atoms with Crippen LogP contribution >= 0.6 is 11.6 Å². The molecule has 0 atom stereocenters. The van der Waals surface area contributed by atoms with E-state index in [1.165, 1.54) is 11.4 Å². The quantitative estimate of drug-likeness (QED) is 0.844. The zero-order valence-electron chi connectivity index (χ0n) is 8.85. The summed E-state index contributed by atoms with van der Waals surface area (Å²) in [6.07, 6.45) is 1.46. The first-order chi connectivity index (χ1) is 7.43. The Bertz CT molecular complexity index is 512. The van der Waals surface area contributed by atoms with E-state index in [1.54, 1.807) is 18.2 Å². The Morgan fingerprint density at radius 2 is 2.06 bits per heavy atom. The molecule has 1 aromatic carbocycles. The molecule has 1 fully saturated rings. The fourth-order valence-electron chi connectivity index (χ4n) is 1.52. The van der Waals surface area contributed by atoms with E-state index in [4.69, 9.17) is 17.3 Å². The van der Waals surface area contributed by atoms with Gasteiger partial charge in [-0.25, -0.2) is 8.42 Å². The molecule has 2 rings (SSSR count). The number of nitrogens with zero attached hydrogens (tertiary/aromatic N) is 1. The van der Waals surface area contributed by atoms with Crippen molar-refractivity contribution in [3.8, 4) is 0 Å². The maximum atomic E-state index is 12.0. The molecule has 0 amide bonds. The molecule has 1 aliphatic rings. The summed E-state index contributed by atoms with van der Waals surface area (Å²) in [6.45, 7) is 0. The molecule has 1 aliphatic carbocycles. The van der Waals surface area contributed by atoms with Crippen LogP contribution in [0.2, 0.25) is 5.02 Å². The second-order valence-corrected chi connectivity index (χ2v) is 6.60. The summed E-state index contributed by atoms with van der Waals surface area (Å²) < 4.78 is 25.2. The van der Waals surface area contributed by atoms with E-state index in [0.29, 0.717) is 16.4 Å². The van der Waals surface area contributed by atoms with Crippen LogP contribution in [-0.2, 0) is 10.0 Å². The minimum absolute atomic E-state index is 0.254. The van der Waals surface area contributed by atoms with Gasteiger partial charge in [0, 0.05) is 12.1 Å². The van der Waals surface area contributed by atoms with E-state index in [2.05, 4.69) is 0 Å². The molecule has 0 radical (unpaired) electrons. The molecular formula is C10H13ClN2O2S. The molecule has 1 saturated carbocycles. The smallest absolute Gasteiger partial charge is 0.237 e. The molecular weight excluding hydrogens is 248 g/mol. The van der Waals surface area contributed by atoms with Gasteiger partial charge in [0.1, 0.15) is 0 Å². The fraction of sp³-hybridized carbons (Fsp3) is 0.400. The van der Waals surface area contributed by atoms with Crippen molar-refractivity contribution < 1.29 is 8.42 Å². The summed E-state index contributed by atoms with van der Waals surface area (Å²) in [5, 5.41) is 0.220. The van der Waals surface area contributed by atoms with Crippen molar-refractivity contribution in [1.82, 2.24) is 0 Å². The fourth-order valence-corrected chi connectivity index (χ4v) is 3.29. The van der Waals surface area contributed by atoms with Crippen LogP contribution in [0.4, 0.5) is 11.4 Å². The predicted octanol–water partition coefficient (Wildman–Crippen LogP) is 1.85. The van der Waals surface area contributed by atoms with Crippen molar-refractivity contribution in [3.05, 3.63) is 23.2 Å². The summed E-state index contributed by atoms with van der Waals surface area (Å²) in [5.41, 5.74) is 6.60. The van der Waals surface area contributed by atoms with E-state index < -0.39 is 10.0 Å². The molecule has 0 aromatic heterocycles. The average molecular weight is 261 g/mol. The van der Waals surface area contributed by atoms with Crippen LogP contribution in [0.5, 0.6) is 0 Å². The van der Waals surface area contributed by atoms with Gasteiger partial charge >= 0.3 is 0 Å². The summed E-state index contributed by atoms with van der Waals surface area (Å²) in [4.78, 5) is 0. The van der Waals surface area contributed by atoms with E-state index in [0.717, 1.165) is 12.8 Å². The van der Waals surface area contributed by atoms with Crippen molar-refractivity contribution in [2.45, 2.75) is 18.1 Å². The number of anilines is 2. The Kier molecular flexibility index (Phi) is 2.75. The van der Waals surface area contributed by atoms with Crippen molar-refractivity contribution in [2.75, 3.05) is 17.1 Å². The summed E-state index contributed by atoms with van der Waals surface area (Å²) in [6, 6.07) is 4.81. The first kappa shape index (κ1) is 11.5. The van der Waals surface area contributed by atoms with Crippen molar-refractivity contribution in [3.63, 3.8) is 0 Å². The van der Waals surface area contributed by atoms with Crippen LogP contribution in [0.15, 0.2) is 18.2 Å². The molecule has 88 valence electrons. The van der Waals surface area contributed by atoms with Crippen molar-refractivity contribution in [1.29, 1.82) is 0 Å². The molecule has 1 aromatic rings. The molecule has 0 unspecified atom stereocenters. The van der Waals surface area contributed by atoms with E-state index in [-0.39, 0.29) is 5.25 Å². The number of nitrogen functional groups attached to an aromatic ring is 1. The highest BCUT2D eigenvalue weighted by atomic mass is 35.5. The van der Waals surface area contributed by atoms with Crippen LogP contribution < -0.4 is 10.0 Å². The summed E-state index contributed by atoms with van der Waals surface area (Å²) in [5.74, 6) is 0. The topological polar surface area (TPSA) is 63.4 Å². The Balaban J connectivity index is 2.40. The third-order valence-corrected chi connectivity index (χ3v) is 5.17. The summed E-state index contributed by atoms with van der Waals surface area (Å²) >= 11 is 5.83. The molecule has 0 aliphatic heterocycles. The number of nitrogens with two attached hydrogens (primary N) is 1. The number of benzene rings is 1. The monoisotopic (exact) mass is 260 g/mol. The highest BCUT2D eigenvalue weighted by Crippen LogP contribution is 2.35. The molecule has 4 nitrogen and oxygen atoms in total. The lowest BCUT2D eigenvalue weighted by atomic mass is 10.3. The molecule has 2 N–H and O–H groups in total. The lowest BCUT2D eigenvalue weighted by molar-refractivity contribution is 0.593. The largest absolute Gasteiger partial charge is 0.397 e. The SMILES string of the molecule is CN(c1cc(Cl)ccc1N)S(=O)(=O)C1CC1. The maximum absolute atomic E-state index is 12.0. The van der Waals surface area contributed by atoms with Crippen LogP contribution in [0.3, 0.4) is 0 Å². The van der Waals surface area contributed by atoms with Crippen LogP contribution in [0, 0.1) is 0 Å². The summed E-state index contributed by atoms with van der Waals surface area (Å²) in [7, 11) is -1.75. The number of halogens is 1. The number of hydrogen-bond donors (Lipinski definition) is 1. The molecule has 6 heteroatoms. The Labute approximate surface area is 100 Å². The van der Waals surface area contributed by atoms with Gasteiger partial charge in [-0.1, -0.05) is 11.6 Å². The van der Waals surface area contributed by atoms with Gasteiger partial charge in [0.15, 0.2) is 0 Å². The van der Waals surface area contributed by atoms with Gasteiger partial charge in [-0.3, -0.25) is 4.31 Å². The van der Waals surface area contributed by atoms with Crippen molar-refractivity contribution in [2.24, 2.45) is 0 Å². The third-order valence-electron chi connectivity index (χ3n) is 2.66. The van der Waals surface area contributed by atoms with Crippen LogP contribution in [-0.4, -0.2) is 20.7 Å². The predicted molar refractivity (Wildman–Crippen MR) is 66.2 cm³/mol. The van der Waals surface area contributed by atoms with E-state index in [1.807, 2.05) is 0 Å². The number of hydrogen-bond acceptors (Lipinski definition) is 3. The van der Waals surface area contributed by atoms with Gasteiger partial charge in [-0.2, -0.15) is 0 Å². The molecule has 16 heavy (non-hydrogen) atoms. The highest BCUT2D eigenvalue weighted by Gasteiger charge is 2.39. The lowest BCUT2D eigenvalue weighted by Crippen LogP contribution is -2.30. The van der Waals surface area contributed by atoms with Gasteiger partial charge in [0.2, 0.25) is 10.0 Å². The van der Waals surface area contributed by atoms with Gasteiger partial charge in [0.25, 0.3) is 0 Å². The zero-order chi connectivity index (χ0) is 11.9. The van der Waals surface area contributed by atoms with Gasteiger partial charge in [-0.15, -0.1) is 0 Å². The van der Waals surface area contributed by atoms with Crippen LogP contribution in [0.1, 0.15) is 12.8 Å². The molecule has 0 saturated heterocycles. The van der Waals surface area contributed by atoms with Crippen LogP contribution in [0.25, 0.3) is 0 Å². The standard InChI is InChI=1S/C10H13ClN2O2S/c1-13(16(14,15)8-3-4-8)10-6-7(11)2-5-9(10)12/h2,5-6,8H,3-4,12H2,1H3. The zero-order valence-corrected chi connectivity index (χ0v) is 10.4. The second-order valence-electron chi connectivity index (χ2n) is 3.91. The number of sulfonamides is 1. The molecule has 0 bridgehead atoms. The third kappa shape index (κ3) is 1.97. The van der Waals surface area contributed by atoms with Gasteiger partial charge in [0.05, 0.1) is 16.6 Å². The van der Waals surface area contributed by atoms with Crippen molar-refractivity contribution >= 4 is 33.0 Å². The van der Waals surface area contributed by atoms with E-state index in [9.17, 15) is 8.42 Å². The average Bonchev–Trinajstić information content (AvgIpc) is 3.04. The number of rotatable bonds is 3. The first-order valence-corrected chi connectivity index (χ1v) is 6.84. The Hall–Kier alpha value is -0.940. The van der Waals surface area contributed by atoms with Gasteiger partial charge in [-0.05, 0) is 31.0 Å². The van der Waals surface area contributed by atoms with E-state index >= 15 is 0 Å². The normalized spacial score (nSPS) is 16.1.